The molecular weight excluding hydrogens is 925 g/mol. The van der Waals surface area contributed by atoms with Crippen LogP contribution in [0.4, 0.5) is 0 Å². The number of hydrogen-bond donors (Lipinski definition) is 0. The van der Waals surface area contributed by atoms with Crippen LogP contribution in [0.3, 0.4) is 0 Å². The van der Waals surface area contributed by atoms with E-state index in [0.29, 0.717) is 19.3 Å². The standard InChI is InChI=1S/C69H120O6/c1-4-7-10-13-16-19-22-25-27-29-30-31-32-33-34-35-36-37-38-40-41-44-47-50-53-56-59-62-68(71)74-65-66(64-73-67(70)61-58-55-52-49-46-43-24-21-18-15-12-9-6-3)75-69(72)63-60-57-54-51-48-45-42-39-28-26-23-20-17-14-11-8-5-2/h8,11-12,15,17,20-21,24,26,28-30,42,45,66H,4-7,9-10,13-14,16,18-19,22-23,25,27,31-41,43-44,46-65H2,1-3H3/b11-8-,15-12-,20-17-,24-21-,28-26-,30-29-,45-42-. The molecule has 6 heteroatoms. The molecule has 432 valence electrons. The number of hydrogen-bond acceptors (Lipinski definition) is 6. The van der Waals surface area contributed by atoms with Crippen molar-refractivity contribution >= 4 is 17.9 Å². The van der Waals surface area contributed by atoms with Gasteiger partial charge in [-0.3, -0.25) is 14.4 Å². The predicted molar refractivity (Wildman–Crippen MR) is 325 cm³/mol. The number of carbonyl (C=O) groups is 3. The Balaban J connectivity index is 4.27. The molecule has 0 spiro atoms. The summed E-state index contributed by atoms with van der Waals surface area (Å²) >= 11 is 0. The molecule has 6 nitrogen and oxygen atoms in total. The Labute approximate surface area is 465 Å². The molecule has 0 radical (unpaired) electrons. The van der Waals surface area contributed by atoms with Crippen molar-refractivity contribution in [2.75, 3.05) is 13.2 Å². The van der Waals surface area contributed by atoms with Crippen molar-refractivity contribution in [1.82, 2.24) is 0 Å². The van der Waals surface area contributed by atoms with Gasteiger partial charge in [0.25, 0.3) is 0 Å². The van der Waals surface area contributed by atoms with Crippen LogP contribution in [-0.2, 0) is 28.6 Å². The zero-order valence-electron chi connectivity index (χ0n) is 49.6. The Kier molecular flexibility index (Phi) is 60.3. The van der Waals surface area contributed by atoms with Crippen LogP contribution in [0, 0.1) is 0 Å². The van der Waals surface area contributed by atoms with Crippen molar-refractivity contribution in [3.8, 4) is 0 Å². The summed E-state index contributed by atoms with van der Waals surface area (Å²) in [6.45, 7) is 6.46. The minimum absolute atomic E-state index is 0.0898. The van der Waals surface area contributed by atoms with Crippen molar-refractivity contribution < 1.29 is 28.6 Å². The van der Waals surface area contributed by atoms with E-state index in [0.717, 1.165) is 128 Å². The summed E-state index contributed by atoms with van der Waals surface area (Å²) in [6, 6.07) is 0. The lowest BCUT2D eigenvalue weighted by molar-refractivity contribution is -0.167. The predicted octanol–water partition coefficient (Wildman–Crippen LogP) is 21.9. The number of ether oxygens (including phenoxy) is 3. The van der Waals surface area contributed by atoms with E-state index in [4.69, 9.17) is 14.2 Å². The minimum atomic E-state index is -0.796. The second kappa shape index (κ2) is 63.1. The van der Waals surface area contributed by atoms with E-state index >= 15 is 0 Å². The fraction of sp³-hybridized carbons (Fsp3) is 0.754. The molecule has 0 N–H and O–H groups in total. The lowest BCUT2D eigenvalue weighted by atomic mass is 10.0. The van der Waals surface area contributed by atoms with Crippen LogP contribution >= 0.6 is 0 Å². The number of allylic oxidation sites excluding steroid dienone is 14. The first-order valence-electron chi connectivity index (χ1n) is 32.1. The molecule has 1 unspecified atom stereocenters. The van der Waals surface area contributed by atoms with Crippen molar-refractivity contribution in [3.63, 3.8) is 0 Å². The van der Waals surface area contributed by atoms with Crippen LogP contribution in [-0.4, -0.2) is 37.2 Å². The Morgan fingerprint density at radius 2 is 0.547 bits per heavy atom. The first kappa shape index (κ1) is 71.6. The molecule has 75 heavy (non-hydrogen) atoms. The highest BCUT2D eigenvalue weighted by atomic mass is 16.6. The Morgan fingerprint density at radius 3 is 0.880 bits per heavy atom. The SMILES string of the molecule is CC/C=C\C/C=C\C/C=C\C/C=C\CCCCCCC(=O)OC(COC(=O)CCCCCCC/C=C\C/C=C\CCC)COC(=O)CCCCCCCCCCCCCCCCC/C=C\CCCCCCCCCC. The summed E-state index contributed by atoms with van der Waals surface area (Å²) in [5.74, 6) is -0.918. The molecule has 0 aliphatic carbocycles. The summed E-state index contributed by atoms with van der Waals surface area (Å²) in [6.07, 6.45) is 83.2. The second-order valence-corrected chi connectivity index (χ2v) is 21.3. The van der Waals surface area contributed by atoms with Crippen LogP contribution in [0.2, 0.25) is 0 Å². The first-order chi connectivity index (χ1) is 37.0. The maximum Gasteiger partial charge on any atom is 0.306 e. The maximum atomic E-state index is 12.9. The summed E-state index contributed by atoms with van der Waals surface area (Å²) in [5.41, 5.74) is 0. The zero-order chi connectivity index (χ0) is 54.3. The van der Waals surface area contributed by atoms with E-state index in [1.165, 1.54) is 148 Å². The van der Waals surface area contributed by atoms with Gasteiger partial charge in [0.15, 0.2) is 6.10 Å². The van der Waals surface area contributed by atoms with Crippen LogP contribution in [0.1, 0.15) is 316 Å². The van der Waals surface area contributed by atoms with Gasteiger partial charge in [-0.25, -0.2) is 0 Å². The van der Waals surface area contributed by atoms with Gasteiger partial charge in [-0.1, -0.05) is 273 Å². The third-order valence-corrected chi connectivity index (χ3v) is 13.8. The molecule has 0 rings (SSSR count). The molecule has 0 aromatic rings. The highest BCUT2D eigenvalue weighted by molar-refractivity contribution is 5.71. The Hall–Kier alpha value is -3.41. The molecular formula is C69H120O6. The van der Waals surface area contributed by atoms with Crippen molar-refractivity contribution in [2.24, 2.45) is 0 Å². The molecule has 0 heterocycles. The zero-order valence-corrected chi connectivity index (χ0v) is 49.6. The molecule has 1 atom stereocenters. The van der Waals surface area contributed by atoms with Gasteiger partial charge in [-0.2, -0.15) is 0 Å². The lowest BCUT2D eigenvalue weighted by Crippen LogP contribution is -2.30. The van der Waals surface area contributed by atoms with Gasteiger partial charge in [-0.05, 0) is 109 Å². The Bertz CT molecular complexity index is 1430. The fourth-order valence-electron chi connectivity index (χ4n) is 9.06. The van der Waals surface area contributed by atoms with Crippen LogP contribution in [0.25, 0.3) is 0 Å². The monoisotopic (exact) mass is 1040 g/mol. The van der Waals surface area contributed by atoms with Gasteiger partial charge in [0.05, 0.1) is 0 Å². The smallest absolute Gasteiger partial charge is 0.306 e. The van der Waals surface area contributed by atoms with Gasteiger partial charge in [-0.15, -0.1) is 0 Å². The third kappa shape index (κ3) is 61.3. The van der Waals surface area contributed by atoms with E-state index in [1.54, 1.807) is 0 Å². The topological polar surface area (TPSA) is 78.9 Å². The second-order valence-electron chi connectivity index (χ2n) is 21.3. The van der Waals surface area contributed by atoms with Gasteiger partial charge in [0.1, 0.15) is 13.2 Å². The molecule has 0 saturated heterocycles. The average Bonchev–Trinajstić information content (AvgIpc) is 3.41. The molecule has 0 amide bonds. The first-order valence-corrected chi connectivity index (χ1v) is 32.1. The largest absolute Gasteiger partial charge is 0.462 e. The number of esters is 3. The van der Waals surface area contributed by atoms with Crippen LogP contribution < -0.4 is 0 Å². The Morgan fingerprint density at radius 1 is 0.280 bits per heavy atom. The number of rotatable bonds is 58. The quantitative estimate of drug-likeness (QED) is 0.0261. The maximum absolute atomic E-state index is 12.9. The minimum Gasteiger partial charge on any atom is -0.462 e. The molecule has 0 aliphatic rings. The molecule has 0 aromatic heterocycles. The summed E-state index contributed by atoms with van der Waals surface area (Å²) in [5, 5.41) is 0. The van der Waals surface area contributed by atoms with Crippen LogP contribution in [0.5, 0.6) is 0 Å². The summed E-state index contributed by atoms with van der Waals surface area (Å²) in [4.78, 5) is 38.3. The number of unbranched alkanes of at least 4 members (excludes halogenated alkanes) is 33. The van der Waals surface area contributed by atoms with E-state index in [-0.39, 0.29) is 31.1 Å². The molecule has 0 fully saturated rings. The van der Waals surface area contributed by atoms with E-state index in [2.05, 4.69) is 106 Å². The highest BCUT2D eigenvalue weighted by Gasteiger charge is 2.19. The highest BCUT2D eigenvalue weighted by Crippen LogP contribution is 2.16. The lowest BCUT2D eigenvalue weighted by Gasteiger charge is -2.18. The van der Waals surface area contributed by atoms with Gasteiger partial charge in [0, 0.05) is 19.3 Å². The van der Waals surface area contributed by atoms with Crippen molar-refractivity contribution in [3.05, 3.63) is 85.1 Å². The average molecular weight is 1050 g/mol. The molecule has 0 bridgehead atoms. The molecule has 0 aromatic carbocycles. The van der Waals surface area contributed by atoms with Crippen molar-refractivity contribution in [2.45, 2.75) is 322 Å². The van der Waals surface area contributed by atoms with Gasteiger partial charge < -0.3 is 14.2 Å². The molecule has 0 saturated carbocycles. The van der Waals surface area contributed by atoms with Crippen molar-refractivity contribution in [1.29, 1.82) is 0 Å². The third-order valence-electron chi connectivity index (χ3n) is 13.8. The van der Waals surface area contributed by atoms with E-state index in [9.17, 15) is 14.4 Å². The van der Waals surface area contributed by atoms with E-state index in [1.807, 2.05) is 0 Å². The number of carbonyl (C=O) groups excluding carboxylic acids is 3. The van der Waals surface area contributed by atoms with E-state index < -0.39 is 6.10 Å². The van der Waals surface area contributed by atoms with Gasteiger partial charge in [0.2, 0.25) is 0 Å². The van der Waals surface area contributed by atoms with Crippen LogP contribution in [0.15, 0.2) is 85.1 Å². The summed E-state index contributed by atoms with van der Waals surface area (Å²) in [7, 11) is 0. The molecule has 0 aliphatic heterocycles. The normalized spacial score (nSPS) is 12.6. The fourth-order valence-corrected chi connectivity index (χ4v) is 9.06. The van der Waals surface area contributed by atoms with Gasteiger partial charge >= 0.3 is 17.9 Å². The summed E-state index contributed by atoms with van der Waals surface area (Å²) < 4.78 is 16.9.